The molecule has 1 nitrogen and oxygen atoms in total. The predicted molar refractivity (Wildman–Crippen MR) is 85.3 cm³/mol. The average Bonchev–Trinajstić information content (AvgIpc) is 2.42. The molecule has 0 aliphatic carbocycles. The van der Waals surface area contributed by atoms with Gasteiger partial charge in [0.05, 0.1) is 0 Å². The van der Waals surface area contributed by atoms with Gasteiger partial charge in [0, 0.05) is 0 Å². The van der Waals surface area contributed by atoms with Gasteiger partial charge in [0.25, 0.3) is 0 Å². The van der Waals surface area contributed by atoms with Crippen LogP contribution in [0.5, 0.6) is 5.75 Å². The van der Waals surface area contributed by atoms with Crippen LogP contribution < -0.4 is 0 Å². The summed E-state index contributed by atoms with van der Waals surface area (Å²) < 4.78 is 0. The lowest BCUT2D eigenvalue weighted by molar-refractivity contribution is 0.449. The van der Waals surface area contributed by atoms with Crippen LogP contribution in [-0.4, -0.2) is 5.11 Å². The third-order valence-electron chi connectivity index (χ3n) is 3.89. The van der Waals surface area contributed by atoms with E-state index in [1.165, 1.54) is 11.1 Å². The van der Waals surface area contributed by atoms with Crippen molar-refractivity contribution in [1.82, 2.24) is 0 Å². The SMILES string of the molecule is CCCc1ccccc1C(C)(C)Cc1ccccc1O. The van der Waals surface area contributed by atoms with Gasteiger partial charge in [-0.05, 0) is 41.0 Å². The minimum atomic E-state index is 0.0184. The fourth-order valence-electron chi connectivity index (χ4n) is 2.90. The van der Waals surface area contributed by atoms with E-state index in [0.29, 0.717) is 5.75 Å². The molecule has 106 valence electrons. The first-order chi connectivity index (χ1) is 9.54. The van der Waals surface area contributed by atoms with Gasteiger partial charge in [-0.1, -0.05) is 69.7 Å². The monoisotopic (exact) mass is 268 g/mol. The second-order valence-corrected chi connectivity index (χ2v) is 6.10. The summed E-state index contributed by atoms with van der Waals surface area (Å²) in [4.78, 5) is 0. The molecule has 0 unspecified atom stereocenters. The Labute approximate surface area is 122 Å². The summed E-state index contributed by atoms with van der Waals surface area (Å²) in [7, 11) is 0. The Morgan fingerprint density at radius 1 is 0.900 bits per heavy atom. The number of aromatic hydroxyl groups is 1. The first-order valence-corrected chi connectivity index (χ1v) is 7.40. The Bertz CT molecular complexity index is 569. The zero-order chi connectivity index (χ0) is 14.6. The van der Waals surface area contributed by atoms with Crippen LogP contribution in [0.4, 0.5) is 0 Å². The summed E-state index contributed by atoms with van der Waals surface area (Å²) >= 11 is 0. The molecule has 1 heteroatoms. The van der Waals surface area contributed by atoms with Gasteiger partial charge in [0.15, 0.2) is 0 Å². The van der Waals surface area contributed by atoms with E-state index in [1.54, 1.807) is 6.07 Å². The van der Waals surface area contributed by atoms with Crippen molar-refractivity contribution in [1.29, 1.82) is 0 Å². The third kappa shape index (κ3) is 3.22. The maximum atomic E-state index is 9.99. The predicted octanol–water partition coefficient (Wildman–Crippen LogP) is 4.87. The van der Waals surface area contributed by atoms with Crippen molar-refractivity contribution in [3.63, 3.8) is 0 Å². The van der Waals surface area contributed by atoms with Crippen LogP contribution in [-0.2, 0) is 18.3 Å². The summed E-state index contributed by atoms with van der Waals surface area (Å²) in [5.41, 5.74) is 3.86. The number of rotatable bonds is 5. The first kappa shape index (κ1) is 14.6. The molecule has 0 atom stereocenters. The molecule has 0 spiro atoms. The molecule has 0 heterocycles. The summed E-state index contributed by atoms with van der Waals surface area (Å²) in [6.45, 7) is 6.73. The number of phenols is 1. The van der Waals surface area contributed by atoms with Crippen molar-refractivity contribution in [2.75, 3.05) is 0 Å². The van der Waals surface area contributed by atoms with Gasteiger partial charge >= 0.3 is 0 Å². The lowest BCUT2D eigenvalue weighted by atomic mass is 9.76. The molecule has 0 aliphatic rings. The molecule has 1 N–H and O–H groups in total. The molecule has 0 fully saturated rings. The largest absolute Gasteiger partial charge is 0.508 e. The van der Waals surface area contributed by atoms with E-state index in [-0.39, 0.29) is 5.41 Å². The summed E-state index contributed by atoms with van der Waals surface area (Å²) in [6.07, 6.45) is 3.12. The second kappa shape index (κ2) is 6.13. The van der Waals surface area contributed by atoms with Crippen molar-refractivity contribution >= 4 is 0 Å². The maximum Gasteiger partial charge on any atom is 0.118 e. The van der Waals surface area contributed by atoms with Gasteiger partial charge < -0.3 is 5.11 Å². The zero-order valence-corrected chi connectivity index (χ0v) is 12.7. The molecule has 2 aromatic carbocycles. The zero-order valence-electron chi connectivity index (χ0n) is 12.7. The average molecular weight is 268 g/mol. The van der Waals surface area contributed by atoms with E-state index in [2.05, 4.69) is 45.0 Å². The fourth-order valence-corrected chi connectivity index (χ4v) is 2.90. The molecule has 0 aliphatic heterocycles. The molecule has 0 radical (unpaired) electrons. The highest BCUT2D eigenvalue weighted by Gasteiger charge is 2.24. The third-order valence-corrected chi connectivity index (χ3v) is 3.89. The van der Waals surface area contributed by atoms with Crippen LogP contribution in [0.25, 0.3) is 0 Å². The second-order valence-electron chi connectivity index (χ2n) is 6.10. The molecule has 20 heavy (non-hydrogen) atoms. The van der Waals surface area contributed by atoms with Gasteiger partial charge in [0.1, 0.15) is 5.75 Å². The van der Waals surface area contributed by atoms with Crippen molar-refractivity contribution in [2.45, 2.75) is 45.4 Å². The van der Waals surface area contributed by atoms with E-state index in [9.17, 15) is 5.11 Å². The van der Waals surface area contributed by atoms with Gasteiger partial charge in [-0.3, -0.25) is 0 Å². The number of phenolic OH excluding ortho intramolecular Hbond substituents is 1. The number of hydrogen-bond donors (Lipinski definition) is 1. The number of benzene rings is 2. The van der Waals surface area contributed by atoms with Crippen molar-refractivity contribution in [3.05, 3.63) is 65.2 Å². The molecule has 0 bridgehead atoms. The quantitative estimate of drug-likeness (QED) is 0.820. The van der Waals surface area contributed by atoms with Crippen molar-refractivity contribution in [2.24, 2.45) is 0 Å². The molecule has 0 amide bonds. The maximum absolute atomic E-state index is 9.99. The Morgan fingerprint density at radius 2 is 1.50 bits per heavy atom. The van der Waals surface area contributed by atoms with Crippen LogP contribution >= 0.6 is 0 Å². The molecule has 2 rings (SSSR count). The van der Waals surface area contributed by atoms with E-state index in [1.807, 2.05) is 18.2 Å². The Balaban J connectivity index is 2.33. The Morgan fingerprint density at radius 3 is 2.15 bits per heavy atom. The molecule has 2 aromatic rings. The Kier molecular flexibility index (Phi) is 4.49. The van der Waals surface area contributed by atoms with Crippen LogP contribution in [0.15, 0.2) is 48.5 Å². The minimum Gasteiger partial charge on any atom is -0.508 e. The standard InChI is InChI=1S/C19H24O/c1-4-9-15-10-5-7-12-17(15)19(2,3)14-16-11-6-8-13-18(16)20/h5-8,10-13,20H,4,9,14H2,1-3H3. The van der Waals surface area contributed by atoms with Crippen LogP contribution in [0, 0.1) is 0 Å². The van der Waals surface area contributed by atoms with Gasteiger partial charge in [-0.2, -0.15) is 0 Å². The summed E-state index contributed by atoms with van der Waals surface area (Å²) in [5, 5.41) is 9.99. The molecular formula is C19H24O. The van der Waals surface area contributed by atoms with Gasteiger partial charge in [-0.15, -0.1) is 0 Å². The summed E-state index contributed by atoms with van der Waals surface area (Å²) in [6, 6.07) is 16.3. The van der Waals surface area contributed by atoms with Crippen LogP contribution in [0.2, 0.25) is 0 Å². The summed E-state index contributed by atoms with van der Waals surface area (Å²) in [5.74, 6) is 0.397. The van der Waals surface area contributed by atoms with Gasteiger partial charge in [-0.25, -0.2) is 0 Å². The Hall–Kier alpha value is -1.76. The van der Waals surface area contributed by atoms with E-state index in [0.717, 1.165) is 24.8 Å². The van der Waals surface area contributed by atoms with Crippen molar-refractivity contribution < 1.29 is 5.11 Å². The van der Waals surface area contributed by atoms with Crippen LogP contribution in [0.3, 0.4) is 0 Å². The highest BCUT2D eigenvalue weighted by atomic mass is 16.3. The topological polar surface area (TPSA) is 20.2 Å². The lowest BCUT2D eigenvalue weighted by Crippen LogP contribution is -2.22. The minimum absolute atomic E-state index is 0.0184. The van der Waals surface area contributed by atoms with E-state index < -0.39 is 0 Å². The number of hydrogen-bond acceptors (Lipinski definition) is 1. The van der Waals surface area contributed by atoms with Crippen molar-refractivity contribution in [3.8, 4) is 5.75 Å². The highest BCUT2D eigenvalue weighted by Crippen LogP contribution is 2.33. The molecule has 0 aromatic heterocycles. The van der Waals surface area contributed by atoms with E-state index in [4.69, 9.17) is 0 Å². The lowest BCUT2D eigenvalue weighted by Gasteiger charge is -2.28. The van der Waals surface area contributed by atoms with E-state index >= 15 is 0 Å². The number of aryl methyl sites for hydroxylation is 1. The molecule has 0 saturated heterocycles. The molecule has 0 saturated carbocycles. The van der Waals surface area contributed by atoms with Crippen LogP contribution in [0.1, 0.15) is 43.9 Å². The van der Waals surface area contributed by atoms with Gasteiger partial charge in [0.2, 0.25) is 0 Å². The fraction of sp³-hybridized carbons (Fsp3) is 0.368. The molecular weight excluding hydrogens is 244 g/mol. The first-order valence-electron chi connectivity index (χ1n) is 7.40. The normalized spacial score (nSPS) is 11.6. The smallest absolute Gasteiger partial charge is 0.118 e. The highest BCUT2D eigenvalue weighted by molar-refractivity contribution is 5.39. The number of para-hydroxylation sites is 1.